The number of imidazole rings is 1. The number of aromatic nitrogens is 2. The van der Waals surface area contributed by atoms with E-state index in [0.29, 0.717) is 5.82 Å². The van der Waals surface area contributed by atoms with Gasteiger partial charge in [0.05, 0.1) is 5.69 Å². The zero-order valence-corrected chi connectivity index (χ0v) is 9.60. The van der Waals surface area contributed by atoms with Crippen molar-refractivity contribution >= 4 is 17.6 Å². The molecule has 0 amide bonds. The second-order valence-electron chi connectivity index (χ2n) is 3.03. The summed E-state index contributed by atoms with van der Waals surface area (Å²) in [4.78, 5) is 4.40. The summed E-state index contributed by atoms with van der Waals surface area (Å²) in [6.45, 7) is 4.17. The summed E-state index contributed by atoms with van der Waals surface area (Å²) < 4.78 is 1.49. The maximum Gasteiger partial charge on any atom is 0.146 e. The highest BCUT2D eigenvalue weighted by Gasteiger charge is 2.10. The Hall–Kier alpha value is -0.840. The molecule has 80 valence electrons. The fourth-order valence-electron chi connectivity index (χ4n) is 1.29. The Morgan fingerprint density at radius 1 is 1.43 bits per heavy atom. The summed E-state index contributed by atoms with van der Waals surface area (Å²) >= 11 is 1.89. The number of hydrogen-bond acceptors (Lipinski definition) is 4. The number of aryl methyl sites for hydroxylation is 2. The lowest BCUT2D eigenvalue weighted by molar-refractivity contribution is 0.862. The number of rotatable bonds is 5. The van der Waals surface area contributed by atoms with Crippen molar-refractivity contribution in [2.24, 2.45) is 0 Å². The van der Waals surface area contributed by atoms with Crippen molar-refractivity contribution in [1.29, 1.82) is 0 Å². The van der Waals surface area contributed by atoms with Crippen LogP contribution in [-0.4, -0.2) is 21.2 Å². The predicted molar refractivity (Wildman–Crippen MR) is 62.9 cm³/mol. The molecule has 0 aliphatic carbocycles. The van der Waals surface area contributed by atoms with E-state index in [-0.39, 0.29) is 0 Å². The molecule has 1 heterocycles. The Balaban J connectivity index is 2.67. The second-order valence-corrected chi connectivity index (χ2v) is 4.42. The van der Waals surface area contributed by atoms with E-state index >= 15 is 0 Å². The van der Waals surface area contributed by atoms with Crippen LogP contribution in [0.15, 0.2) is 0 Å². The minimum atomic E-state index is 0.610. The number of nitrogens with two attached hydrogens (primary N) is 2. The number of hydrogen-bond donors (Lipinski definition) is 2. The third-order valence-corrected chi connectivity index (χ3v) is 3.00. The van der Waals surface area contributed by atoms with Crippen LogP contribution in [-0.2, 0) is 12.8 Å². The molecule has 0 unspecified atom stereocenters. The van der Waals surface area contributed by atoms with E-state index in [1.807, 2.05) is 18.7 Å². The molecule has 0 saturated heterocycles. The summed E-state index contributed by atoms with van der Waals surface area (Å²) in [5.41, 5.74) is 6.76. The molecule has 0 aromatic carbocycles. The smallest absolute Gasteiger partial charge is 0.146 e. The SMILES string of the molecule is CCSCCc1nc(CC)n(N)c1N. The van der Waals surface area contributed by atoms with Gasteiger partial charge in [-0.1, -0.05) is 13.8 Å². The minimum Gasteiger partial charge on any atom is -0.382 e. The summed E-state index contributed by atoms with van der Waals surface area (Å²) in [6, 6.07) is 0. The Morgan fingerprint density at radius 3 is 2.64 bits per heavy atom. The van der Waals surface area contributed by atoms with Gasteiger partial charge < -0.3 is 11.6 Å². The first kappa shape index (κ1) is 11.2. The van der Waals surface area contributed by atoms with Crippen LogP contribution in [0.4, 0.5) is 5.82 Å². The van der Waals surface area contributed by atoms with Gasteiger partial charge in [0.1, 0.15) is 11.6 Å². The molecule has 14 heavy (non-hydrogen) atoms. The summed E-state index contributed by atoms with van der Waals surface area (Å²) in [7, 11) is 0. The fourth-order valence-corrected chi connectivity index (χ4v) is 1.92. The summed E-state index contributed by atoms with van der Waals surface area (Å²) in [6.07, 6.45) is 1.73. The van der Waals surface area contributed by atoms with Crippen LogP contribution in [0.1, 0.15) is 25.4 Å². The van der Waals surface area contributed by atoms with Crippen LogP contribution in [0.5, 0.6) is 0 Å². The highest BCUT2D eigenvalue weighted by Crippen LogP contribution is 2.14. The zero-order chi connectivity index (χ0) is 10.6. The molecule has 0 aliphatic rings. The molecule has 0 bridgehead atoms. The van der Waals surface area contributed by atoms with Gasteiger partial charge in [-0.2, -0.15) is 11.8 Å². The van der Waals surface area contributed by atoms with E-state index < -0.39 is 0 Å². The van der Waals surface area contributed by atoms with Gasteiger partial charge in [-0.3, -0.25) is 0 Å². The number of anilines is 1. The average molecular weight is 214 g/mol. The van der Waals surface area contributed by atoms with Crippen LogP contribution in [0.3, 0.4) is 0 Å². The number of thioether (sulfide) groups is 1. The lowest BCUT2D eigenvalue weighted by atomic mass is 10.3. The third-order valence-electron chi connectivity index (χ3n) is 2.10. The van der Waals surface area contributed by atoms with Crippen molar-refractivity contribution in [2.45, 2.75) is 26.7 Å². The van der Waals surface area contributed by atoms with E-state index in [0.717, 1.165) is 35.9 Å². The molecule has 4 N–H and O–H groups in total. The molecule has 0 saturated carbocycles. The Morgan fingerprint density at radius 2 is 2.14 bits per heavy atom. The van der Waals surface area contributed by atoms with Gasteiger partial charge in [0.2, 0.25) is 0 Å². The van der Waals surface area contributed by atoms with Crippen molar-refractivity contribution in [3.63, 3.8) is 0 Å². The van der Waals surface area contributed by atoms with Crippen LogP contribution >= 0.6 is 11.8 Å². The largest absolute Gasteiger partial charge is 0.382 e. The van der Waals surface area contributed by atoms with Crippen molar-refractivity contribution in [1.82, 2.24) is 9.66 Å². The molecular weight excluding hydrogens is 196 g/mol. The van der Waals surface area contributed by atoms with Crippen LogP contribution in [0.25, 0.3) is 0 Å². The van der Waals surface area contributed by atoms with Gasteiger partial charge >= 0.3 is 0 Å². The van der Waals surface area contributed by atoms with Crippen LogP contribution in [0.2, 0.25) is 0 Å². The molecule has 1 aromatic heterocycles. The molecule has 0 atom stereocenters. The topological polar surface area (TPSA) is 69.9 Å². The first-order valence-electron chi connectivity index (χ1n) is 4.89. The lowest BCUT2D eigenvalue weighted by Gasteiger charge is -1.99. The van der Waals surface area contributed by atoms with Crippen molar-refractivity contribution in [2.75, 3.05) is 23.1 Å². The summed E-state index contributed by atoms with van der Waals surface area (Å²) in [5, 5.41) is 0. The first-order chi connectivity index (χ1) is 6.70. The molecular formula is C9H18N4S. The molecule has 1 rings (SSSR count). The van der Waals surface area contributed by atoms with Crippen LogP contribution in [0, 0.1) is 0 Å². The normalized spacial score (nSPS) is 10.7. The highest BCUT2D eigenvalue weighted by atomic mass is 32.2. The minimum absolute atomic E-state index is 0.610. The molecule has 0 radical (unpaired) electrons. The Labute approximate surface area is 89.0 Å². The van der Waals surface area contributed by atoms with Gasteiger partial charge in [-0.25, -0.2) is 9.66 Å². The molecule has 1 aromatic rings. The van der Waals surface area contributed by atoms with Crippen molar-refractivity contribution in [3.8, 4) is 0 Å². The monoisotopic (exact) mass is 214 g/mol. The van der Waals surface area contributed by atoms with Crippen LogP contribution < -0.4 is 11.6 Å². The van der Waals surface area contributed by atoms with E-state index in [4.69, 9.17) is 11.6 Å². The molecule has 4 nitrogen and oxygen atoms in total. The number of nitrogen functional groups attached to an aromatic ring is 2. The van der Waals surface area contributed by atoms with Gasteiger partial charge in [0.25, 0.3) is 0 Å². The zero-order valence-electron chi connectivity index (χ0n) is 8.79. The van der Waals surface area contributed by atoms with E-state index in [1.54, 1.807) is 0 Å². The van der Waals surface area contributed by atoms with Gasteiger partial charge in [-0.05, 0) is 11.5 Å². The van der Waals surface area contributed by atoms with E-state index in [1.165, 1.54) is 4.68 Å². The third kappa shape index (κ3) is 2.35. The van der Waals surface area contributed by atoms with E-state index in [9.17, 15) is 0 Å². The predicted octanol–water partition coefficient (Wildman–Crippen LogP) is 1.04. The maximum atomic E-state index is 5.83. The number of nitrogens with zero attached hydrogens (tertiary/aromatic N) is 2. The summed E-state index contributed by atoms with van der Waals surface area (Å²) in [5.74, 6) is 9.40. The molecule has 0 aliphatic heterocycles. The van der Waals surface area contributed by atoms with Crippen molar-refractivity contribution < 1.29 is 0 Å². The fraction of sp³-hybridized carbons (Fsp3) is 0.667. The lowest BCUT2D eigenvalue weighted by Crippen LogP contribution is -2.15. The quantitative estimate of drug-likeness (QED) is 0.567. The highest BCUT2D eigenvalue weighted by molar-refractivity contribution is 7.99. The molecule has 0 fully saturated rings. The standard InChI is InChI=1S/C9H18N4S/c1-3-8-12-7(5-6-14-4-2)9(10)13(8)11/h3-6,10-11H2,1-2H3. The maximum absolute atomic E-state index is 5.83. The van der Waals surface area contributed by atoms with Crippen molar-refractivity contribution in [3.05, 3.63) is 11.5 Å². The Bertz CT molecular complexity index is 295. The van der Waals surface area contributed by atoms with Gasteiger partial charge in [0, 0.05) is 12.8 Å². The van der Waals surface area contributed by atoms with Gasteiger partial charge in [0.15, 0.2) is 0 Å². The van der Waals surface area contributed by atoms with Gasteiger partial charge in [-0.15, -0.1) is 0 Å². The molecule has 5 heteroatoms. The second kappa shape index (κ2) is 5.14. The first-order valence-corrected chi connectivity index (χ1v) is 6.04. The Kier molecular flexibility index (Phi) is 4.13. The average Bonchev–Trinajstić information content (AvgIpc) is 2.46. The van der Waals surface area contributed by atoms with E-state index in [2.05, 4.69) is 11.9 Å². The molecule has 0 spiro atoms.